The summed E-state index contributed by atoms with van der Waals surface area (Å²) >= 11 is 0. The molecule has 0 fully saturated rings. The molecule has 1 aromatic carbocycles. The normalized spacial score (nSPS) is 11.6. The van der Waals surface area contributed by atoms with E-state index in [0.717, 1.165) is 0 Å². The van der Waals surface area contributed by atoms with Crippen molar-refractivity contribution in [2.75, 3.05) is 0 Å². The van der Waals surface area contributed by atoms with Crippen molar-refractivity contribution in [1.82, 2.24) is 0 Å². The Morgan fingerprint density at radius 3 is 2.50 bits per heavy atom. The van der Waals surface area contributed by atoms with Gasteiger partial charge in [0.05, 0.1) is 5.92 Å². The topological polar surface area (TPSA) is 72.8 Å². The van der Waals surface area contributed by atoms with Gasteiger partial charge in [0.15, 0.2) is 11.5 Å². The van der Waals surface area contributed by atoms with Crippen LogP contribution < -0.4 is 9.47 Å². The van der Waals surface area contributed by atoms with Crippen LogP contribution in [0.1, 0.15) is 27.2 Å². The first-order chi connectivity index (χ1) is 9.35. The number of carbonyl (C=O) groups is 2. The van der Waals surface area contributed by atoms with Crippen molar-refractivity contribution in [3.05, 3.63) is 30.4 Å². The highest BCUT2D eigenvalue weighted by Crippen LogP contribution is 2.32. The molecular formula is C15H18O5. The molecule has 1 aromatic rings. The molecule has 20 heavy (non-hydrogen) atoms. The molecule has 5 heteroatoms. The van der Waals surface area contributed by atoms with Crippen molar-refractivity contribution >= 4 is 11.9 Å². The summed E-state index contributed by atoms with van der Waals surface area (Å²) in [5.74, 6) is -1.39. The quantitative estimate of drug-likeness (QED) is 0.509. The number of hydrogen-bond donors (Lipinski definition) is 1. The molecule has 0 aliphatic heterocycles. The van der Waals surface area contributed by atoms with Gasteiger partial charge in [-0.15, -0.1) is 0 Å². The van der Waals surface area contributed by atoms with Crippen molar-refractivity contribution in [2.24, 2.45) is 5.92 Å². The predicted octanol–water partition coefficient (Wildman–Crippen LogP) is 2.83. The molecule has 108 valence electrons. The number of esters is 2. The van der Waals surface area contributed by atoms with Crippen LogP contribution in [0.4, 0.5) is 0 Å². The van der Waals surface area contributed by atoms with E-state index in [1.54, 1.807) is 6.92 Å². The molecule has 0 heterocycles. The van der Waals surface area contributed by atoms with Crippen molar-refractivity contribution in [2.45, 2.75) is 27.2 Å². The number of benzene rings is 1. The summed E-state index contributed by atoms with van der Waals surface area (Å²) in [6, 6.07) is 3.92. The predicted molar refractivity (Wildman–Crippen MR) is 73.6 cm³/mol. The highest BCUT2D eigenvalue weighted by atomic mass is 16.6. The van der Waals surface area contributed by atoms with E-state index in [2.05, 4.69) is 6.58 Å². The van der Waals surface area contributed by atoms with Crippen LogP contribution in [-0.2, 0) is 9.59 Å². The third-order valence-electron chi connectivity index (χ3n) is 2.70. The van der Waals surface area contributed by atoms with Crippen LogP contribution in [0.25, 0.3) is 0 Å². The molecule has 0 saturated carbocycles. The first-order valence-corrected chi connectivity index (χ1v) is 6.27. The molecular weight excluding hydrogens is 260 g/mol. The number of phenols is 1. The van der Waals surface area contributed by atoms with Crippen molar-refractivity contribution in [3.8, 4) is 17.2 Å². The van der Waals surface area contributed by atoms with Gasteiger partial charge in [-0.25, -0.2) is 4.79 Å². The SMILES string of the molecule is C=C(C)C(=O)Oc1ccc(O)cc1OC(=O)C(C)CC. The number of carbonyl (C=O) groups excluding carboxylic acids is 2. The molecule has 1 rings (SSSR count). The lowest BCUT2D eigenvalue weighted by atomic mass is 10.1. The summed E-state index contributed by atoms with van der Waals surface area (Å²) in [5, 5.41) is 9.44. The van der Waals surface area contributed by atoms with E-state index < -0.39 is 11.9 Å². The summed E-state index contributed by atoms with van der Waals surface area (Å²) in [4.78, 5) is 23.3. The smallest absolute Gasteiger partial charge is 0.338 e. The van der Waals surface area contributed by atoms with Crippen LogP contribution >= 0.6 is 0 Å². The minimum absolute atomic E-state index is 0.00454. The van der Waals surface area contributed by atoms with E-state index in [9.17, 15) is 14.7 Å². The van der Waals surface area contributed by atoms with Crippen molar-refractivity contribution < 1.29 is 24.2 Å². The lowest BCUT2D eigenvalue weighted by Gasteiger charge is -2.13. The van der Waals surface area contributed by atoms with Crippen molar-refractivity contribution in [3.63, 3.8) is 0 Å². The molecule has 0 aliphatic carbocycles. The first-order valence-electron chi connectivity index (χ1n) is 6.27. The maximum absolute atomic E-state index is 11.8. The van der Waals surface area contributed by atoms with Crippen LogP contribution in [0, 0.1) is 5.92 Å². The molecule has 0 aromatic heterocycles. The third-order valence-corrected chi connectivity index (χ3v) is 2.70. The van der Waals surface area contributed by atoms with E-state index in [-0.39, 0.29) is 28.7 Å². The molecule has 1 atom stereocenters. The zero-order valence-corrected chi connectivity index (χ0v) is 11.8. The van der Waals surface area contributed by atoms with E-state index in [0.29, 0.717) is 6.42 Å². The largest absolute Gasteiger partial charge is 0.508 e. The number of aromatic hydroxyl groups is 1. The number of ether oxygens (including phenoxy) is 2. The Labute approximate surface area is 117 Å². The Bertz CT molecular complexity index is 533. The third kappa shape index (κ3) is 4.12. The molecule has 5 nitrogen and oxygen atoms in total. The maximum atomic E-state index is 11.8. The molecule has 0 amide bonds. The van der Waals surface area contributed by atoms with Crippen LogP contribution in [0.3, 0.4) is 0 Å². The Morgan fingerprint density at radius 1 is 1.30 bits per heavy atom. The van der Waals surface area contributed by atoms with Gasteiger partial charge in [0.25, 0.3) is 0 Å². The average Bonchev–Trinajstić information content (AvgIpc) is 2.40. The van der Waals surface area contributed by atoms with Gasteiger partial charge < -0.3 is 14.6 Å². The van der Waals surface area contributed by atoms with Gasteiger partial charge in [0.1, 0.15) is 5.75 Å². The summed E-state index contributed by atoms with van der Waals surface area (Å²) in [5.41, 5.74) is 0.220. The zero-order chi connectivity index (χ0) is 15.3. The number of hydrogen-bond acceptors (Lipinski definition) is 5. The van der Waals surface area contributed by atoms with Crippen molar-refractivity contribution in [1.29, 1.82) is 0 Å². The number of phenolic OH excluding ortho intramolecular Hbond substituents is 1. The van der Waals surface area contributed by atoms with Gasteiger partial charge in [-0.05, 0) is 25.5 Å². The van der Waals surface area contributed by atoms with Gasteiger partial charge in [-0.3, -0.25) is 4.79 Å². The van der Waals surface area contributed by atoms with Gasteiger partial charge in [-0.2, -0.15) is 0 Å². The van der Waals surface area contributed by atoms with Gasteiger partial charge in [0.2, 0.25) is 0 Å². The summed E-state index contributed by atoms with van der Waals surface area (Å²) < 4.78 is 10.2. The van der Waals surface area contributed by atoms with Crippen LogP contribution in [0.15, 0.2) is 30.4 Å². The first kappa shape index (κ1) is 15.8. The summed E-state index contributed by atoms with van der Waals surface area (Å²) in [6.45, 7) is 8.56. The minimum Gasteiger partial charge on any atom is -0.508 e. The molecule has 0 bridgehead atoms. The van der Waals surface area contributed by atoms with Crippen LogP contribution in [-0.4, -0.2) is 17.0 Å². The highest BCUT2D eigenvalue weighted by molar-refractivity contribution is 5.89. The summed E-state index contributed by atoms with van der Waals surface area (Å²) in [6.07, 6.45) is 0.624. The van der Waals surface area contributed by atoms with E-state index in [1.807, 2.05) is 6.92 Å². The minimum atomic E-state index is -0.628. The fraction of sp³-hybridized carbons (Fsp3) is 0.333. The van der Waals surface area contributed by atoms with E-state index in [4.69, 9.17) is 9.47 Å². The molecule has 0 radical (unpaired) electrons. The molecule has 0 spiro atoms. The fourth-order valence-corrected chi connectivity index (χ4v) is 1.22. The van der Waals surface area contributed by atoms with E-state index in [1.165, 1.54) is 25.1 Å². The van der Waals surface area contributed by atoms with Gasteiger partial charge in [0, 0.05) is 11.6 Å². The van der Waals surface area contributed by atoms with Crippen LogP contribution in [0.5, 0.6) is 17.2 Å². The lowest BCUT2D eigenvalue weighted by Crippen LogP contribution is -2.18. The molecule has 1 unspecified atom stereocenters. The van der Waals surface area contributed by atoms with E-state index >= 15 is 0 Å². The Morgan fingerprint density at radius 2 is 1.95 bits per heavy atom. The van der Waals surface area contributed by atoms with Gasteiger partial charge >= 0.3 is 11.9 Å². The molecule has 0 aliphatic rings. The monoisotopic (exact) mass is 278 g/mol. The molecule has 1 N–H and O–H groups in total. The fourth-order valence-electron chi connectivity index (χ4n) is 1.22. The Hall–Kier alpha value is -2.30. The molecule has 0 saturated heterocycles. The number of rotatable bonds is 5. The Balaban J connectivity index is 2.99. The van der Waals surface area contributed by atoms with Crippen LogP contribution in [0.2, 0.25) is 0 Å². The highest BCUT2D eigenvalue weighted by Gasteiger charge is 2.18. The maximum Gasteiger partial charge on any atom is 0.338 e. The average molecular weight is 278 g/mol. The second-order valence-corrected chi connectivity index (χ2v) is 4.53. The van der Waals surface area contributed by atoms with Gasteiger partial charge in [-0.1, -0.05) is 20.4 Å². The second-order valence-electron chi connectivity index (χ2n) is 4.53. The zero-order valence-electron chi connectivity index (χ0n) is 11.8. The summed E-state index contributed by atoms with van der Waals surface area (Å²) in [7, 11) is 0. The Kier molecular flexibility index (Phi) is 5.32. The standard InChI is InChI=1S/C15H18O5/c1-5-10(4)15(18)20-13-8-11(16)6-7-12(13)19-14(17)9(2)3/h6-8,10,16H,2,5H2,1,3-4H3. The second kappa shape index (κ2) is 6.75. The lowest BCUT2D eigenvalue weighted by molar-refractivity contribution is -0.139.